The predicted octanol–water partition coefficient (Wildman–Crippen LogP) is 0.178. The van der Waals surface area contributed by atoms with Gasteiger partial charge in [0, 0.05) is 19.6 Å². The molecule has 2 aliphatic carbocycles. The van der Waals surface area contributed by atoms with E-state index in [1.54, 1.807) is 7.11 Å². The van der Waals surface area contributed by atoms with Crippen LogP contribution >= 0.6 is 0 Å². The second-order valence-electron chi connectivity index (χ2n) is 5.09. The molecule has 2 unspecified atom stereocenters. The van der Waals surface area contributed by atoms with Gasteiger partial charge in [-0.3, -0.25) is 4.79 Å². The molecule has 1 amide bonds. The van der Waals surface area contributed by atoms with Gasteiger partial charge in [-0.15, -0.1) is 0 Å². The van der Waals surface area contributed by atoms with Gasteiger partial charge in [-0.2, -0.15) is 0 Å². The van der Waals surface area contributed by atoms with Gasteiger partial charge in [0.1, 0.15) is 5.54 Å². The van der Waals surface area contributed by atoms with Crippen LogP contribution in [0.15, 0.2) is 0 Å². The van der Waals surface area contributed by atoms with Crippen molar-refractivity contribution in [3.05, 3.63) is 0 Å². The molecule has 0 spiro atoms. The summed E-state index contributed by atoms with van der Waals surface area (Å²) >= 11 is 0. The normalized spacial score (nSPS) is 32.9. The lowest BCUT2D eigenvalue weighted by Crippen LogP contribution is -2.54. The van der Waals surface area contributed by atoms with Gasteiger partial charge in [0.2, 0.25) is 5.91 Å². The van der Waals surface area contributed by atoms with Crippen LogP contribution in [-0.2, 0) is 14.3 Å². The Labute approximate surface area is 102 Å². The number of rotatable bonds is 7. The first-order chi connectivity index (χ1) is 8.16. The molecule has 0 aliphatic heterocycles. The zero-order valence-corrected chi connectivity index (χ0v) is 10.4. The van der Waals surface area contributed by atoms with Crippen LogP contribution in [0.5, 0.6) is 0 Å². The van der Waals surface area contributed by atoms with Crippen molar-refractivity contribution in [2.24, 2.45) is 5.73 Å². The van der Waals surface area contributed by atoms with E-state index in [2.05, 4.69) is 5.32 Å². The number of carbonyl (C=O) groups is 1. The van der Waals surface area contributed by atoms with Gasteiger partial charge < -0.3 is 20.5 Å². The maximum absolute atomic E-state index is 11.6. The molecule has 5 heteroatoms. The fraction of sp³-hybridized carbons (Fsp3) is 0.917. The lowest BCUT2D eigenvalue weighted by Gasteiger charge is -2.27. The molecule has 2 atom stereocenters. The molecule has 17 heavy (non-hydrogen) atoms. The van der Waals surface area contributed by atoms with Crippen molar-refractivity contribution in [1.29, 1.82) is 0 Å². The highest BCUT2D eigenvalue weighted by molar-refractivity contribution is 5.85. The Bertz CT molecular complexity index is 281. The average Bonchev–Trinajstić information content (AvgIpc) is 2.99. The van der Waals surface area contributed by atoms with E-state index in [0.29, 0.717) is 25.7 Å². The minimum Gasteiger partial charge on any atom is -0.382 e. The third-order valence-corrected chi connectivity index (χ3v) is 3.64. The molecule has 0 aromatic heterocycles. The molecule has 2 aliphatic rings. The van der Waals surface area contributed by atoms with Gasteiger partial charge in [0.05, 0.1) is 19.3 Å². The van der Waals surface area contributed by atoms with Crippen molar-refractivity contribution in [1.82, 2.24) is 5.32 Å². The molecule has 98 valence electrons. The Kier molecular flexibility index (Phi) is 4.01. The number of primary amides is 1. The maximum Gasteiger partial charge on any atom is 0.237 e. The zero-order valence-electron chi connectivity index (χ0n) is 10.4. The molecule has 0 aromatic carbocycles. The van der Waals surface area contributed by atoms with Crippen LogP contribution in [0, 0.1) is 0 Å². The van der Waals surface area contributed by atoms with E-state index in [0.717, 1.165) is 25.7 Å². The molecular weight excluding hydrogens is 220 g/mol. The minimum absolute atomic E-state index is 0.129. The van der Waals surface area contributed by atoms with Crippen molar-refractivity contribution < 1.29 is 14.3 Å². The highest BCUT2D eigenvalue weighted by Crippen LogP contribution is 2.35. The first-order valence-corrected chi connectivity index (χ1v) is 6.34. The molecule has 5 nitrogen and oxygen atoms in total. The van der Waals surface area contributed by atoms with Gasteiger partial charge in [-0.25, -0.2) is 0 Å². The maximum atomic E-state index is 11.6. The van der Waals surface area contributed by atoms with Crippen molar-refractivity contribution >= 4 is 5.91 Å². The van der Waals surface area contributed by atoms with Crippen molar-refractivity contribution in [2.45, 2.75) is 49.8 Å². The van der Waals surface area contributed by atoms with Gasteiger partial charge >= 0.3 is 0 Å². The first-order valence-electron chi connectivity index (χ1n) is 6.34. The Morgan fingerprint density at radius 2 is 2.18 bits per heavy atom. The molecular formula is C12H22N2O3. The molecule has 2 saturated carbocycles. The molecule has 0 saturated heterocycles. The number of methoxy groups -OCH3 is 1. The molecule has 0 heterocycles. The molecule has 0 bridgehead atoms. The molecule has 3 N–H and O–H groups in total. The summed E-state index contributed by atoms with van der Waals surface area (Å²) in [5.41, 5.74) is 5.02. The second kappa shape index (κ2) is 5.33. The summed E-state index contributed by atoms with van der Waals surface area (Å²) in [7, 11) is 1.65. The summed E-state index contributed by atoms with van der Waals surface area (Å²) < 4.78 is 10.6. The third kappa shape index (κ3) is 3.18. The number of hydrogen-bond acceptors (Lipinski definition) is 4. The highest BCUT2D eigenvalue weighted by atomic mass is 16.5. The Morgan fingerprint density at radius 1 is 1.41 bits per heavy atom. The quantitative estimate of drug-likeness (QED) is 0.625. The molecule has 2 fully saturated rings. The van der Waals surface area contributed by atoms with Crippen LogP contribution < -0.4 is 11.1 Å². The van der Waals surface area contributed by atoms with Crippen LogP contribution in [0.3, 0.4) is 0 Å². The van der Waals surface area contributed by atoms with Crippen LogP contribution in [0.25, 0.3) is 0 Å². The number of amides is 1. The van der Waals surface area contributed by atoms with Crippen LogP contribution in [0.2, 0.25) is 0 Å². The number of carbonyl (C=O) groups excluding carboxylic acids is 1. The lowest BCUT2D eigenvalue weighted by molar-refractivity contribution is -0.124. The van der Waals surface area contributed by atoms with Crippen molar-refractivity contribution in [2.75, 3.05) is 20.3 Å². The predicted molar refractivity (Wildman–Crippen MR) is 63.6 cm³/mol. The number of hydrogen-bond donors (Lipinski definition) is 2. The Morgan fingerprint density at radius 3 is 2.76 bits per heavy atom. The fourth-order valence-electron chi connectivity index (χ4n) is 2.48. The summed E-state index contributed by atoms with van der Waals surface area (Å²) in [6.45, 7) is 1.18. The lowest BCUT2D eigenvalue weighted by atomic mass is 9.96. The smallest absolute Gasteiger partial charge is 0.237 e. The van der Waals surface area contributed by atoms with Crippen molar-refractivity contribution in [3.8, 4) is 0 Å². The molecule has 0 radical (unpaired) electrons. The van der Waals surface area contributed by atoms with E-state index in [4.69, 9.17) is 15.2 Å². The van der Waals surface area contributed by atoms with E-state index >= 15 is 0 Å². The van der Waals surface area contributed by atoms with E-state index in [9.17, 15) is 4.79 Å². The van der Waals surface area contributed by atoms with Gasteiger partial charge in [-0.1, -0.05) is 0 Å². The number of nitrogens with one attached hydrogen (secondary N) is 1. The third-order valence-electron chi connectivity index (χ3n) is 3.64. The van der Waals surface area contributed by atoms with Gasteiger partial charge in [-0.05, 0) is 25.7 Å². The molecule has 0 aromatic rings. The minimum atomic E-state index is -0.529. The standard InChI is InChI=1S/C12H22N2O3/c1-16-6-7-17-10-4-5-12(8-10,11(13)15)14-9-2-3-9/h9-10,14H,2-8H2,1H3,(H2,13,15). The fourth-order valence-corrected chi connectivity index (χ4v) is 2.48. The summed E-state index contributed by atoms with van der Waals surface area (Å²) in [5, 5.41) is 3.40. The monoisotopic (exact) mass is 242 g/mol. The van der Waals surface area contributed by atoms with E-state index in [1.807, 2.05) is 0 Å². The van der Waals surface area contributed by atoms with Crippen LogP contribution in [0.1, 0.15) is 32.1 Å². The Hall–Kier alpha value is -0.650. The van der Waals surface area contributed by atoms with Crippen LogP contribution in [-0.4, -0.2) is 43.9 Å². The largest absolute Gasteiger partial charge is 0.382 e. The average molecular weight is 242 g/mol. The summed E-state index contributed by atoms with van der Waals surface area (Å²) in [5.74, 6) is -0.234. The summed E-state index contributed by atoms with van der Waals surface area (Å²) in [4.78, 5) is 11.6. The van der Waals surface area contributed by atoms with Gasteiger partial charge in [0.25, 0.3) is 0 Å². The Balaban J connectivity index is 1.84. The van der Waals surface area contributed by atoms with Crippen LogP contribution in [0.4, 0.5) is 0 Å². The summed E-state index contributed by atoms with van der Waals surface area (Å²) in [6.07, 6.45) is 4.82. The number of ether oxygens (including phenoxy) is 2. The van der Waals surface area contributed by atoms with E-state index in [-0.39, 0.29) is 12.0 Å². The van der Waals surface area contributed by atoms with E-state index < -0.39 is 5.54 Å². The van der Waals surface area contributed by atoms with Gasteiger partial charge in [0.15, 0.2) is 0 Å². The first kappa shape index (κ1) is 12.8. The highest BCUT2D eigenvalue weighted by Gasteiger charge is 2.47. The second-order valence-corrected chi connectivity index (χ2v) is 5.09. The summed E-state index contributed by atoms with van der Waals surface area (Å²) in [6, 6.07) is 0.486. The zero-order chi connectivity index (χ0) is 12.3. The van der Waals surface area contributed by atoms with Crippen molar-refractivity contribution in [3.63, 3.8) is 0 Å². The molecule has 2 rings (SSSR count). The van der Waals surface area contributed by atoms with E-state index in [1.165, 1.54) is 0 Å². The topological polar surface area (TPSA) is 73.6 Å². The number of nitrogens with two attached hydrogens (primary N) is 1. The SMILES string of the molecule is COCCOC1CCC(NC2CC2)(C(N)=O)C1.